The number of benzene rings is 1. The molecule has 0 aliphatic rings. The van der Waals surface area contributed by atoms with Gasteiger partial charge in [0.15, 0.2) is 0 Å². The van der Waals surface area contributed by atoms with Crippen molar-refractivity contribution in [1.29, 1.82) is 0 Å². The van der Waals surface area contributed by atoms with Gasteiger partial charge in [-0.05, 0) is 22.5 Å². The highest BCUT2D eigenvalue weighted by molar-refractivity contribution is 6.43. The van der Waals surface area contributed by atoms with Gasteiger partial charge in [0.05, 0.1) is 37.1 Å². The van der Waals surface area contributed by atoms with E-state index in [2.05, 4.69) is 4.98 Å². The van der Waals surface area contributed by atoms with Gasteiger partial charge in [-0.25, -0.2) is 0 Å². The lowest BCUT2D eigenvalue weighted by molar-refractivity contribution is 0.335. The zero-order chi connectivity index (χ0) is 20.0. The Morgan fingerprint density at radius 3 is 1.62 bits per heavy atom. The van der Waals surface area contributed by atoms with Crippen LogP contribution >= 0.6 is 0 Å². The molecule has 0 aliphatic heterocycles. The Morgan fingerprint density at radius 2 is 1.15 bits per heavy atom. The van der Waals surface area contributed by atoms with E-state index in [4.69, 9.17) is 31.4 Å². The number of hydrogen-bond acceptors (Lipinski definition) is 1. The van der Waals surface area contributed by atoms with Gasteiger partial charge in [-0.15, -0.1) is 0 Å². The molecule has 1 nitrogen and oxygen atoms in total. The van der Waals surface area contributed by atoms with E-state index in [0.717, 1.165) is 16.8 Å². The second-order valence-electron chi connectivity index (χ2n) is 9.22. The van der Waals surface area contributed by atoms with Crippen LogP contribution in [-0.2, 0) is 10.4 Å². The maximum atomic E-state index is 6.64. The third kappa shape index (κ3) is 3.68. The summed E-state index contributed by atoms with van der Waals surface area (Å²) in [5.41, 5.74) is 2.35. The van der Waals surface area contributed by atoms with Crippen LogP contribution in [0.2, 0.25) is 0 Å². The molecule has 2 rings (SSSR count). The predicted octanol–water partition coefficient (Wildman–Crippen LogP) is 3.82. The SMILES string of the molecule is [B]C([B])(c1cnc(-c2ccccc2)cc1C([B])([B])C(C)(C)C)C(C)(C)C. The fourth-order valence-electron chi connectivity index (χ4n) is 2.70. The summed E-state index contributed by atoms with van der Waals surface area (Å²) >= 11 is 0. The summed E-state index contributed by atoms with van der Waals surface area (Å²) in [6.45, 7) is 12.0. The van der Waals surface area contributed by atoms with Crippen LogP contribution in [-0.4, -0.2) is 36.4 Å². The highest BCUT2D eigenvalue weighted by atomic mass is 14.7. The van der Waals surface area contributed by atoms with Crippen LogP contribution in [0.3, 0.4) is 0 Å². The van der Waals surface area contributed by atoms with E-state index in [1.54, 1.807) is 6.20 Å². The van der Waals surface area contributed by atoms with E-state index in [-0.39, 0.29) is 0 Å². The molecule has 0 saturated heterocycles. The first-order chi connectivity index (χ1) is 11.7. The Balaban J connectivity index is 2.78. The average molecular weight is 335 g/mol. The van der Waals surface area contributed by atoms with E-state index < -0.39 is 21.3 Å². The highest BCUT2D eigenvalue weighted by Gasteiger charge is 2.41. The van der Waals surface area contributed by atoms with E-state index in [0.29, 0.717) is 5.56 Å². The van der Waals surface area contributed by atoms with Crippen LogP contribution in [0, 0.1) is 10.8 Å². The first kappa shape index (κ1) is 20.9. The quantitative estimate of drug-likeness (QED) is 0.778. The summed E-state index contributed by atoms with van der Waals surface area (Å²) in [6.07, 6.45) is 1.73. The van der Waals surface area contributed by atoms with Crippen molar-refractivity contribution in [3.05, 3.63) is 53.7 Å². The largest absolute Gasteiger partial charge is 0.256 e. The topological polar surface area (TPSA) is 12.9 Å². The van der Waals surface area contributed by atoms with E-state index in [1.807, 2.05) is 77.9 Å². The van der Waals surface area contributed by atoms with E-state index in [9.17, 15) is 0 Å². The normalized spacial score (nSPS) is 13.6. The van der Waals surface area contributed by atoms with Crippen molar-refractivity contribution in [2.45, 2.75) is 52.0 Å². The maximum Gasteiger partial charge on any atom is 0.0704 e. The van der Waals surface area contributed by atoms with Gasteiger partial charge in [0.25, 0.3) is 0 Å². The standard InChI is InChI=1S/C21H25B4N/c1-18(2,3)20(22,23)15-12-17(14-10-8-7-9-11-14)26-13-16(15)21(24,25)19(4,5)6/h7-13H,1-6H3. The molecule has 1 aromatic heterocycles. The number of hydrogen-bond donors (Lipinski definition) is 0. The molecular weight excluding hydrogens is 309 g/mol. The van der Waals surface area contributed by atoms with Crippen molar-refractivity contribution >= 4 is 31.4 Å². The van der Waals surface area contributed by atoms with Crippen molar-refractivity contribution in [3.63, 3.8) is 0 Å². The molecule has 126 valence electrons. The van der Waals surface area contributed by atoms with E-state index in [1.165, 1.54) is 0 Å². The molecule has 0 amide bonds. The first-order valence-corrected chi connectivity index (χ1v) is 8.91. The number of aromatic nitrogens is 1. The molecule has 0 unspecified atom stereocenters. The van der Waals surface area contributed by atoms with Gasteiger partial charge in [-0.3, -0.25) is 4.98 Å². The second-order valence-corrected chi connectivity index (χ2v) is 9.22. The molecule has 0 bridgehead atoms. The first-order valence-electron chi connectivity index (χ1n) is 8.91. The third-order valence-corrected chi connectivity index (χ3v) is 5.35. The molecule has 0 spiro atoms. The Labute approximate surface area is 164 Å². The van der Waals surface area contributed by atoms with Crippen LogP contribution in [0.5, 0.6) is 0 Å². The van der Waals surface area contributed by atoms with Gasteiger partial charge < -0.3 is 0 Å². The zero-order valence-corrected chi connectivity index (χ0v) is 16.8. The number of rotatable bonds is 3. The van der Waals surface area contributed by atoms with Gasteiger partial charge in [0, 0.05) is 11.8 Å². The van der Waals surface area contributed by atoms with Crippen molar-refractivity contribution < 1.29 is 0 Å². The van der Waals surface area contributed by atoms with Crippen LogP contribution < -0.4 is 0 Å². The van der Waals surface area contributed by atoms with Crippen LogP contribution in [0.1, 0.15) is 52.7 Å². The Kier molecular flexibility index (Phi) is 5.36. The van der Waals surface area contributed by atoms with Crippen molar-refractivity contribution in [2.24, 2.45) is 10.8 Å². The molecule has 1 heterocycles. The van der Waals surface area contributed by atoms with Crippen LogP contribution in [0.25, 0.3) is 11.3 Å². The fraction of sp³-hybridized carbons (Fsp3) is 0.476. The summed E-state index contributed by atoms with van der Waals surface area (Å²) in [4.78, 5) is 4.61. The monoisotopic (exact) mass is 335 g/mol. The zero-order valence-electron chi connectivity index (χ0n) is 16.8. The molecule has 8 radical (unpaired) electrons. The minimum atomic E-state index is -1.14. The summed E-state index contributed by atoms with van der Waals surface area (Å²) in [5.74, 6) is 0. The molecule has 5 heteroatoms. The highest BCUT2D eigenvalue weighted by Crippen LogP contribution is 2.45. The van der Waals surface area contributed by atoms with Gasteiger partial charge in [0.1, 0.15) is 0 Å². The lowest BCUT2D eigenvalue weighted by Gasteiger charge is -2.48. The molecule has 1 aromatic carbocycles. The molecule has 26 heavy (non-hydrogen) atoms. The summed E-state index contributed by atoms with van der Waals surface area (Å²) in [6, 6.07) is 11.8. The third-order valence-electron chi connectivity index (χ3n) is 5.35. The van der Waals surface area contributed by atoms with E-state index >= 15 is 0 Å². The molecule has 2 aromatic rings. The predicted molar refractivity (Wildman–Crippen MR) is 115 cm³/mol. The lowest BCUT2D eigenvalue weighted by Crippen LogP contribution is -2.47. The molecule has 0 N–H and O–H groups in total. The van der Waals surface area contributed by atoms with Gasteiger partial charge >= 0.3 is 0 Å². The smallest absolute Gasteiger partial charge is 0.0704 e. The maximum absolute atomic E-state index is 6.64. The molecule has 0 aliphatic carbocycles. The van der Waals surface area contributed by atoms with Crippen molar-refractivity contribution in [1.82, 2.24) is 4.98 Å². The van der Waals surface area contributed by atoms with Gasteiger partial charge in [0.2, 0.25) is 0 Å². The fourth-order valence-corrected chi connectivity index (χ4v) is 2.70. The average Bonchev–Trinajstić information content (AvgIpc) is 2.53. The van der Waals surface area contributed by atoms with Crippen LogP contribution in [0.4, 0.5) is 0 Å². The molecular formula is C21H25B4N. The lowest BCUT2D eigenvalue weighted by atomic mass is 9.35. The minimum Gasteiger partial charge on any atom is -0.256 e. The molecule has 0 fully saturated rings. The Morgan fingerprint density at radius 1 is 0.692 bits per heavy atom. The van der Waals surface area contributed by atoms with Gasteiger partial charge in [-0.1, -0.05) is 87.9 Å². The van der Waals surface area contributed by atoms with Crippen molar-refractivity contribution in [2.75, 3.05) is 0 Å². The van der Waals surface area contributed by atoms with Gasteiger partial charge in [-0.2, -0.15) is 0 Å². The summed E-state index contributed by atoms with van der Waals surface area (Å²) < 4.78 is 0. The Bertz CT molecular complexity index is 769. The minimum absolute atomic E-state index is 0.411. The van der Waals surface area contributed by atoms with Crippen LogP contribution in [0.15, 0.2) is 42.6 Å². The number of pyridine rings is 1. The summed E-state index contributed by atoms with van der Waals surface area (Å²) in [5, 5.41) is -2.27. The Hall–Kier alpha value is -1.37. The molecule has 0 atom stereocenters. The number of nitrogens with zero attached hydrogens (tertiary/aromatic N) is 1. The summed E-state index contributed by atoms with van der Waals surface area (Å²) in [7, 11) is 26.4. The molecule has 0 saturated carbocycles. The second kappa shape index (κ2) is 6.66. The van der Waals surface area contributed by atoms with Crippen molar-refractivity contribution in [3.8, 4) is 11.3 Å².